The van der Waals surface area contributed by atoms with E-state index in [1.807, 2.05) is 65.9 Å². The molecule has 0 aliphatic carbocycles. The van der Waals surface area contributed by atoms with E-state index in [2.05, 4.69) is 24.1 Å². The number of benzene rings is 2. The van der Waals surface area contributed by atoms with Crippen molar-refractivity contribution in [1.29, 1.82) is 0 Å². The Balaban J connectivity index is 1.64. The molecule has 0 saturated carbocycles. The van der Waals surface area contributed by atoms with Crippen LogP contribution in [0.15, 0.2) is 65.6 Å². The summed E-state index contributed by atoms with van der Waals surface area (Å²) >= 11 is 0. The van der Waals surface area contributed by atoms with Crippen molar-refractivity contribution in [2.45, 2.75) is 45.7 Å². The van der Waals surface area contributed by atoms with Crippen LogP contribution in [0.2, 0.25) is 0 Å². The minimum atomic E-state index is -0.166. The first-order valence-corrected chi connectivity index (χ1v) is 11.7. The predicted molar refractivity (Wildman–Crippen MR) is 132 cm³/mol. The van der Waals surface area contributed by atoms with Crippen LogP contribution in [0.1, 0.15) is 42.7 Å². The smallest absolute Gasteiger partial charge is 0.279 e. The van der Waals surface area contributed by atoms with Crippen molar-refractivity contribution in [3.63, 3.8) is 0 Å². The van der Waals surface area contributed by atoms with Crippen molar-refractivity contribution in [1.82, 2.24) is 19.2 Å². The van der Waals surface area contributed by atoms with Gasteiger partial charge in [-0.25, -0.2) is 0 Å². The van der Waals surface area contributed by atoms with Gasteiger partial charge in [0, 0.05) is 35.9 Å². The van der Waals surface area contributed by atoms with Crippen LogP contribution < -0.4 is 10.9 Å². The van der Waals surface area contributed by atoms with Gasteiger partial charge in [0.05, 0.1) is 5.52 Å². The van der Waals surface area contributed by atoms with Crippen LogP contribution in [0.4, 0.5) is 0 Å². The number of rotatable bonds is 5. The van der Waals surface area contributed by atoms with Crippen molar-refractivity contribution in [3.8, 4) is 5.69 Å². The second-order valence-electron chi connectivity index (χ2n) is 9.19. The summed E-state index contributed by atoms with van der Waals surface area (Å²) in [6.07, 6.45) is 3.92. The number of carbonyl (C=O) groups excluding carboxylic acids is 1. The van der Waals surface area contributed by atoms with Gasteiger partial charge in [0.1, 0.15) is 11.2 Å². The third kappa shape index (κ3) is 3.64. The minimum absolute atomic E-state index is 0.131. The van der Waals surface area contributed by atoms with E-state index in [-0.39, 0.29) is 11.5 Å². The SMILES string of the molecule is Cc1c2ccccc2n2c(C(=O)NC[C@H]3CCCN3C(C)C)cn(-c3ccccc3)c(=O)c12. The number of fused-ring (bicyclic) bond motifs is 3. The summed E-state index contributed by atoms with van der Waals surface area (Å²) in [5.74, 6) is -0.166. The summed E-state index contributed by atoms with van der Waals surface area (Å²) in [4.78, 5) is 29.6. The Morgan fingerprint density at radius 1 is 1.09 bits per heavy atom. The molecule has 0 unspecified atom stereocenters. The number of aromatic nitrogens is 2. The van der Waals surface area contributed by atoms with Crippen LogP contribution in [-0.2, 0) is 0 Å². The maximum absolute atomic E-state index is 13.6. The molecule has 1 atom stereocenters. The lowest BCUT2D eigenvalue weighted by Crippen LogP contribution is -2.43. The zero-order valence-corrected chi connectivity index (χ0v) is 19.4. The molecule has 5 rings (SSSR count). The topological polar surface area (TPSA) is 58.8 Å². The van der Waals surface area contributed by atoms with Gasteiger partial charge in [-0.15, -0.1) is 0 Å². The van der Waals surface area contributed by atoms with Gasteiger partial charge in [-0.2, -0.15) is 0 Å². The molecule has 1 aliphatic heterocycles. The summed E-state index contributed by atoms with van der Waals surface area (Å²) in [6.45, 7) is 8.03. The maximum atomic E-state index is 13.6. The fraction of sp³-hybridized carbons (Fsp3) is 0.333. The number of carbonyl (C=O) groups is 1. The number of aryl methyl sites for hydroxylation is 1. The molecule has 1 saturated heterocycles. The van der Waals surface area contributed by atoms with Crippen LogP contribution in [0, 0.1) is 6.92 Å². The Morgan fingerprint density at radius 3 is 2.58 bits per heavy atom. The molecular weight excluding hydrogens is 412 g/mol. The number of amides is 1. The lowest BCUT2D eigenvalue weighted by molar-refractivity contribution is 0.0928. The molecule has 6 nitrogen and oxygen atoms in total. The zero-order chi connectivity index (χ0) is 23.1. The highest BCUT2D eigenvalue weighted by Crippen LogP contribution is 2.26. The van der Waals surface area contributed by atoms with Gasteiger partial charge in [-0.1, -0.05) is 36.4 Å². The molecule has 2 aromatic heterocycles. The minimum Gasteiger partial charge on any atom is -0.349 e. The third-order valence-corrected chi connectivity index (χ3v) is 6.89. The number of hydrogen-bond acceptors (Lipinski definition) is 3. The van der Waals surface area contributed by atoms with Crippen LogP contribution in [0.5, 0.6) is 0 Å². The van der Waals surface area contributed by atoms with Gasteiger partial charge < -0.3 is 5.32 Å². The van der Waals surface area contributed by atoms with Gasteiger partial charge in [0.25, 0.3) is 11.5 Å². The molecule has 6 heteroatoms. The number of para-hydroxylation sites is 2. The molecule has 33 heavy (non-hydrogen) atoms. The molecule has 0 spiro atoms. The van der Waals surface area contributed by atoms with Gasteiger partial charge >= 0.3 is 0 Å². The van der Waals surface area contributed by atoms with E-state index in [1.165, 1.54) is 0 Å². The zero-order valence-electron chi connectivity index (χ0n) is 19.4. The molecule has 170 valence electrons. The molecule has 3 heterocycles. The fourth-order valence-corrected chi connectivity index (χ4v) is 5.26. The molecule has 4 aromatic rings. The second kappa shape index (κ2) is 8.52. The van der Waals surface area contributed by atoms with E-state index < -0.39 is 0 Å². The van der Waals surface area contributed by atoms with Crippen molar-refractivity contribution in [2.75, 3.05) is 13.1 Å². The Morgan fingerprint density at radius 2 is 1.82 bits per heavy atom. The normalized spacial score (nSPS) is 16.8. The molecule has 1 fully saturated rings. The highest BCUT2D eigenvalue weighted by atomic mass is 16.2. The summed E-state index contributed by atoms with van der Waals surface area (Å²) in [5, 5.41) is 4.16. The number of hydrogen-bond donors (Lipinski definition) is 1. The van der Waals surface area contributed by atoms with Crippen LogP contribution in [-0.4, -0.2) is 44.9 Å². The number of nitrogens with one attached hydrogen (secondary N) is 1. The summed E-state index contributed by atoms with van der Waals surface area (Å²) in [5.41, 5.74) is 3.37. The first-order valence-electron chi connectivity index (χ1n) is 11.7. The second-order valence-corrected chi connectivity index (χ2v) is 9.19. The van der Waals surface area contributed by atoms with Gasteiger partial charge in [-0.3, -0.25) is 23.5 Å². The molecule has 1 N–H and O–H groups in total. The van der Waals surface area contributed by atoms with Crippen molar-refractivity contribution in [3.05, 3.63) is 82.4 Å². The summed E-state index contributed by atoms with van der Waals surface area (Å²) < 4.78 is 3.42. The van der Waals surface area contributed by atoms with Gasteiger partial charge in [0.15, 0.2) is 0 Å². The van der Waals surface area contributed by atoms with Crippen molar-refractivity contribution in [2.24, 2.45) is 0 Å². The van der Waals surface area contributed by atoms with Crippen LogP contribution in [0.25, 0.3) is 22.1 Å². The van der Waals surface area contributed by atoms with E-state index >= 15 is 0 Å². The van der Waals surface area contributed by atoms with Crippen LogP contribution >= 0.6 is 0 Å². The summed E-state index contributed by atoms with van der Waals surface area (Å²) in [7, 11) is 0. The monoisotopic (exact) mass is 442 g/mol. The first kappa shape index (κ1) is 21.5. The van der Waals surface area contributed by atoms with E-state index in [0.717, 1.165) is 41.5 Å². The predicted octanol–water partition coefficient (Wildman–Crippen LogP) is 4.15. The molecule has 0 radical (unpaired) electrons. The Labute approximate surface area is 193 Å². The highest BCUT2D eigenvalue weighted by Gasteiger charge is 2.27. The lowest BCUT2D eigenvalue weighted by atomic mass is 10.2. The molecule has 0 bridgehead atoms. The Bertz CT molecular complexity index is 1380. The average molecular weight is 443 g/mol. The largest absolute Gasteiger partial charge is 0.349 e. The van der Waals surface area contributed by atoms with Crippen molar-refractivity contribution >= 4 is 22.3 Å². The van der Waals surface area contributed by atoms with Crippen LogP contribution in [0.3, 0.4) is 0 Å². The standard InChI is InChI=1S/C27H30N4O2/c1-18(2)29-15-9-12-21(29)16-28-26(32)24-17-30(20-10-5-4-6-11-20)27(33)25-19(3)22-13-7-8-14-23(22)31(24)25/h4-8,10-11,13-14,17-18,21H,9,12,15-16H2,1-3H3,(H,28,32)/t21-/m1/s1. The maximum Gasteiger partial charge on any atom is 0.279 e. The number of likely N-dealkylation sites (tertiary alicyclic amines) is 1. The molecular formula is C27H30N4O2. The molecule has 1 amide bonds. The van der Waals surface area contributed by atoms with Crippen molar-refractivity contribution < 1.29 is 4.79 Å². The third-order valence-electron chi connectivity index (χ3n) is 6.89. The molecule has 1 aliphatic rings. The van der Waals surface area contributed by atoms with E-state index in [4.69, 9.17) is 0 Å². The van der Waals surface area contributed by atoms with Gasteiger partial charge in [0.2, 0.25) is 0 Å². The highest BCUT2D eigenvalue weighted by molar-refractivity contribution is 5.99. The summed E-state index contributed by atoms with van der Waals surface area (Å²) in [6, 6.07) is 18.2. The van der Waals surface area contributed by atoms with E-state index in [9.17, 15) is 9.59 Å². The van der Waals surface area contributed by atoms with E-state index in [1.54, 1.807) is 10.8 Å². The quantitative estimate of drug-likeness (QED) is 0.505. The Kier molecular flexibility index (Phi) is 5.54. The Hall–Kier alpha value is -3.38. The lowest BCUT2D eigenvalue weighted by Gasteiger charge is -2.28. The van der Waals surface area contributed by atoms with E-state index in [0.29, 0.717) is 29.8 Å². The fourth-order valence-electron chi connectivity index (χ4n) is 5.26. The number of nitrogens with zero attached hydrogens (tertiary/aromatic N) is 3. The first-order chi connectivity index (χ1) is 16.0. The molecule has 2 aromatic carbocycles. The average Bonchev–Trinajstić information content (AvgIpc) is 3.42. The van der Waals surface area contributed by atoms with Gasteiger partial charge in [-0.05, 0) is 63.9 Å².